The topological polar surface area (TPSA) is 9.23 Å². The Morgan fingerprint density at radius 3 is 2.50 bits per heavy atom. The number of aryl methyl sites for hydroxylation is 1. The summed E-state index contributed by atoms with van der Waals surface area (Å²) in [6.07, 6.45) is 0. The van der Waals surface area contributed by atoms with Gasteiger partial charge in [-0.25, -0.2) is 0 Å². The molecule has 22 heavy (non-hydrogen) atoms. The summed E-state index contributed by atoms with van der Waals surface area (Å²) in [4.78, 5) is 0. The average Bonchev–Trinajstić information content (AvgIpc) is 2.46. The molecular formula is C20H27OSi. The molecule has 0 spiro atoms. The van der Waals surface area contributed by atoms with E-state index < -0.39 is 9.04 Å². The Bertz CT molecular complexity index is 640. The SMILES string of the molecule is [CH2]c1ccc(C)c(-c2cccc(CO[SiH](C)C(C)(C)C)c2)c1. The number of hydrogen-bond acceptors (Lipinski definition) is 1. The zero-order chi connectivity index (χ0) is 16.3. The van der Waals surface area contributed by atoms with Gasteiger partial charge in [0.05, 0.1) is 6.61 Å². The van der Waals surface area contributed by atoms with E-state index in [2.05, 4.69) is 83.6 Å². The molecule has 0 aliphatic rings. The molecule has 0 amide bonds. The lowest BCUT2D eigenvalue weighted by Crippen LogP contribution is -2.25. The minimum absolute atomic E-state index is 0.302. The molecule has 2 rings (SSSR count). The Kier molecular flexibility index (Phi) is 5.25. The van der Waals surface area contributed by atoms with Gasteiger partial charge in [0.1, 0.15) is 0 Å². The first-order chi connectivity index (χ1) is 10.3. The van der Waals surface area contributed by atoms with E-state index in [-0.39, 0.29) is 0 Å². The second-order valence-corrected chi connectivity index (χ2v) is 10.5. The van der Waals surface area contributed by atoms with Crippen molar-refractivity contribution in [3.05, 3.63) is 66.1 Å². The van der Waals surface area contributed by atoms with E-state index in [1.165, 1.54) is 22.3 Å². The fourth-order valence-corrected chi connectivity index (χ4v) is 3.22. The van der Waals surface area contributed by atoms with E-state index >= 15 is 0 Å². The third-order valence-electron chi connectivity index (χ3n) is 4.26. The van der Waals surface area contributed by atoms with Crippen LogP contribution in [0.2, 0.25) is 11.6 Å². The van der Waals surface area contributed by atoms with Crippen LogP contribution in [-0.4, -0.2) is 9.04 Å². The van der Waals surface area contributed by atoms with Crippen LogP contribution in [0.1, 0.15) is 37.5 Å². The second kappa shape index (κ2) is 6.80. The van der Waals surface area contributed by atoms with Gasteiger partial charge in [-0.15, -0.1) is 0 Å². The van der Waals surface area contributed by atoms with Crippen LogP contribution in [0.3, 0.4) is 0 Å². The Balaban J connectivity index is 2.18. The van der Waals surface area contributed by atoms with Gasteiger partial charge in [0, 0.05) is 0 Å². The summed E-state index contributed by atoms with van der Waals surface area (Å²) in [7, 11) is -1.18. The molecule has 0 N–H and O–H groups in total. The summed E-state index contributed by atoms with van der Waals surface area (Å²) in [5.74, 6) is 0. The molecule has 2 aromatic rings. The third-order valence-corrected chi connectivity index (χ3v) is 7.37. The normalized spacial score (nSPS) is 13.2. The lowest BCUT2D eigenvalue weighted by Gasteiger charge is -2.25. The first-order valence-corrected chi connectivity index (χ1v) is 10.1. The van der Waals surface area contributed by atoms with Crippen LogP contribution < -0.4 is 0 Å². The summed E-state index contributed by atoms with van der Waals surface area (Å²) >= 11 is 0. The molecule has 2 heteroatoms. The average molecular weight is 312 g/mol. The van der Waals surface area contributed by atoms with E-state index in [9.17, 15) is 0 Å². The van der Waals surface area contributed by atoms with Crippen LogP contribution in [0, 0.1) is 13.8 Å². The summed E-state index contributed by atoms with van der Waals surface area (Å²) in [6.45, 7) is 16.0. The van der Waals surface area contributed by atoms with Crippen LogP contribution in [0.5, 0.6) is 0 Å². The van der Waals surface area contributed by atoms with Crippen molar-refractivity contribution < 1.29 is 4.43 Å². The Hall–Kier alpha value is -1.38. The lowest BCUT2D eigenvalue weighted by molar-refractivity contribution is 0.294. The van der Waals surface area contributed by atoms with Gasteiger partial charge in [-0.2, -0.15) is 0 Å². The van der Waals surface area contributed by atoms with E-state index in [4.69, 9.17) is 4.43 Å². The molecule has 0 saturated carbocycles. The van der Waals surface area contributed by atoms with E-state index in [1.54, 1.807) is 0 Å². The molecule has 0 saturated heterocycles. The largest absolute Gasteiger partial charge is 0.416 e. The first-order valence-electron chi connectivity index (χ1n) is 7.91. The van der Waals surface area contributed by atoms with Gasteiger partial charge in [-0.3, -0.25) is 0 Å². The molecule has 1 unspecified atom stereocenters. The molecule has 2 aromatic carbocycles. The van der Waals surface area contributed by atoms with Gasteiger partial charge in [0.25, 0.3) is 0 Å². The summed E-state index contributed by atoms with van der Waals surface area (Å²) in [6, 6.07) is 15.0. The van der Waals surface area contributed by atoms with Crippen molar-refractivity contribution >= 4 is 9.04 Å². The van der Waals surface area contributed by atoms with Crippen LogP contribution in [0.15, 0.2) is 42.5 Å². The Morgan fingerprint density at radius 1 is 1.09 bits per heavy atom. The molecular weight excluding hydrogens is 284 g/mol. The Labute approximate surface area is 137 Å². The van der Waals surface area contributed by atoms with Gasteiger partial charge >= 0.3 is 0 Å². The van der Waals surface area contributed by atoms with Crippen molar-refractivity contribution in [1.29, 1.82) is 0 Å². The maximum Gasteiger partial charge on any atom is 0.179 e. The zero-order valence-corrected chi connectivity index (χ0v) is 15.6. The molecule has 0 heterocycles. The highest BCUT2D eigenvalue weighted by Gasteiger charge is 2.22. The minimum atomic E-state index is -1.18. The summed E-state index contributed by atoms with van der Waals surface area (Å²) in [5, 5.41) is 0.302. The van der Waals surface area contributed by atoms with Gasteiger partial charge in [-0.05, 0) is 59.3 Å². The fourth-order valence-electron chi connectivity index (χ4n) is 2.28. The maximum atomic E-state index is 6.16. The van der Waals surface area contributed by atoms with Crippen molar-refractivity contribution in [2.24, 2.45) is 0 Å². The van der Waals surface area contributed by atoms with Crippen molar-refractivity contribution in [2.75, 3.05) is 0 Å². The van der Waals surface area contributed by atoms with Gasteiger partial charge in [0.2, 0.25) is 0 Å². The summed E-state index contributed by atoms with van der Waals surface area (Å²) in [5.41, 5.74) is 6.08. The second-order valence-electron chi connectivity index (χ2n) is 7.17. The molecule has 1 radical (unpaired) electrons. The fraction of sp³-hybridized carbons (Fsp3) is 0.350. The van der Waals surface area contributed by atoms with Crippen molar-refractivity contribution in [2.45, 2.75) is 45.9 Å². The van der Waals surface area contributed by atoms with Crippen LogP contribution in [0.4, 0.5) is 0 Å². The molecule has 0 aliphatic heterocycles. The van der Waals surface area contributed by atoms with Crippen LogP contribution in [-0.2, 0) is 11.0 Å². The molecule has 0 bridgehead atoms. The smallest absolute Gasteiger partial charge is 0.179 e. The molecule has 0 fully saturated rings. The Morgan fingerprint density at radius 2 is 1.82 bits per heavy atom. The molecule has 117 valence electrons. The highest BCUT2D eigenvalue weighted by atomic mass is 28.3. The van der Waals surface area contributed by atoms with Gasteiger partial charge in [0.15, 0.2) is 9.04 Å². The van der Waals surface area contributed by atoms with Crippen LogP contribution in [0.25, 0.3) is 11.1 Å². The monoisotopic (exact) mass is 311 g/mol. The van der Waals surface area contributed by atoms with Crippen molar-refractivity contribution in [1.82, 2.24) is 0 Å². The molecule has 1 atom stereocenters. The lowest BCUT2D eigenvalue weighted by atomic mass is 9.97. The zero-order valence-electron chi connectivity index (χ0n) is 14.4. The predicted molar refractivity (Wildman–Crippen MR) is 98.6 cm³/mol. The van der Waals surface area contributed by atoms with Gasteiger partial charge in [-0.1, -0.05) is 57.2 Å². The highest BCUT2D eigenvalue weighted by Crippen LogP contribution is 2.29. The molecule has 1 nitrogen and oxygen atoms in total. The number of hydrogen-bond donors (Lipinski definition) is 0. The standard InChI is InChI=1S/C20H27OSi/c1-15-10-11-16(2)19(12-15)18-9-7-8-17(13-18)14-21-22(6)20(3,4)5/h7-13,22H,1,14H2,2-6H3. The number of benzene rings is 2. The van der Waals surface area contributed by atoms with Crippen molar-refractivity contribution in [3.8, 4) is 11.1 Å². The van der Waals surface area contributed by atoms with E-state index in [0.717, 1.165) is 5.56 Å². The van der Waals surface area contributed by atoms with E-state index in [0.29, 0.717) is 11.6 Å². The molecule has 0 aromatic heterocycles. The summed E-state index contributed by atoms with van der Waals surface area (Å²) < 4.78 is 6.16. The van der Waals surface area contributed by atoms with Crippen molar-refractivity contribution in [3.63, 3.8) is 0 Å². The predicted octanol–water partition coefficient (Wildman–Crippen LogP) is 5.51. The highest BCUT2D eigenvalue weighted by molar-refractivity contribution is 6.53. The third kappa shape index (κ3) is 4.31. The quantitative estimate of drug-likeness (QED) is 0.676. The van der Waals surface area contributed by atoms with Crippen LogP contribution >= 0.6 is 0 Å². The molecule has 0 aliphatic carbocycles. The van der Waals surface area contributed by atoms with E-state index in [1.807, 2.05) is 0 Å². The number of rotatable bonds is 4. The van der Waals surface area contributed by atoms with Gasteiger partial charge < -0.3 is 4.43 Å². The minimum Gasteiger partial charge on any atom is -0.416 e. The maximum absolute atomic E-state index is 6.16. The first kappa shape index (κ1) is 17.0.